The molecule has 0 radical (unpaired) electrons. The number of likely N-dealkylation sites (tertiary alicyclic amines) is 1. The van der Waals surface area contributed by atoms with Crippen molar-refractivity contribution in [3.63, 3.8) is 0 Å². The second kappa shape index (κ2) is 8.60. The number of thiophene rings is 1. The maximum Gasteiger partial charge on any atom is 0.308 e. The number of nitrogens with zero attached hydrogens (tertiary/aromatic N) is 2. The number of hydrogen-bond acceptors (Lipinski definition) is 5. The fraction of sp³-hybridized carbons (Fsp3) is 0.435. The van der Waals surface area contributed by atoms with Crippen LogP contribution in [0.1, 0.15) is 35.7 Å². The molecule has 0 aliphatic carbocycles. The number of rotatable bonds is 4. The minimum Gasteiger partial charge on any atom is -0.469 e. The molecule has 6 nitrogen and oxygen atoms in total. The van der Waals surface area contributed by atoms with Crippen LogP contribution in [0.2, 0.25) is 0 Å². The monoisotopic (exact) mass is 426 g/mol. The van der Waals surface area contributed by atoms with Gasteiger partial charge in [0.05, 0.1) is 25.0 Å². The Balaban J connectivity index is 1.58. The topological polar surface area (TPSA) is 66.9 Å². The second-order valence-electron chi connectivity index (χ2n) is 7.99. The molecule has 2 amide bonds. The van der Waals surface area contributed by atoms with Crippen molar-refractivity contribution in [1.29, 1.82) is 0 Å². The first-order valence-electron chi connectivity index (χ1n) is 10.3. The molecule has 0 saturated carbocycles. The smallest absolute Gasteiger partial charge is 0.308 e. The molecule has 2 aliphatic rings. The van der Waals surface area contributed by atoms with Crippen molar-refractivity contribution in [3.05, 3.63) is 52.2 Å². The number of esters is 1. The zero-order valence-corrected chi connectivity index (χ0v) is 18.1. The lowest BCUT2D eigenvalue weighted by Crippen LogP contribution is -2.44. The summed E-state index contributed by atoms with van der Waals surface area (Å²) in [6.45, 7) is 3.05. The van der Waals surface area contributed by atoms with Crippen LogP contribution in [0.25, 0.3) is 0 Å². The van der Waals surface area contributed by atoms with E-state index in [4.69, 9.17) is 4.74 Å². The maximum atomic E-state index is 13.5. The van der Waals surface area contributed by atoms with Crippen molar-refractivity contribution in [2.45, 2.75) is 32.2 Å². The molecular weight excluding hydrogens is 400 g/mol. The van der Waals surface area contributed by atoms with Crippen LogP contribution in [0.15, 0.2) is 41.8 Å². The quantitative estimate of drug-likeness (QED) is 0.701. The van der Waals surface area contributed by atoms with Crippen LogP contribution in [0.4, 0.5) is 5.69 Å². The van der Waals surface area contributed by atoms with Gasteiger partial charge in [-0.3, -0.25) is 14.4 Å². The Labute approximate surface area is 180 Å². The second-order valence-corrected chi connectivity index (χ2v) is 8.97. The van der Waals surface area contributed by atoms with Crippen molar-refractivity contribution in [3.8, 4) is 0 Å². The van der Waals surface area contributed by atoms with Gasteiger partial charge in [0.2, 0.25) is 11.8 Å². The summed E-state index contributed by atoms with van der Waals surface area (Å²) in [5, 5.41) is 1.98. The highest BCUT2D eigenvalue weighted by molar-refractivity contribution is 7.10. The third-order valence-corrected chi connectivity index (χ3v) is 7.07. The van der Waals surface area contributed by atoms with E-state index >= 15 is 0 Å². The third kappa shape index (κ3) is 3.86. The van der Waals surface area contributed by atoms with Crippen LogP contribution in [0, 0.1) is 18.8 Å². The zero-order valence-electron chi connectivity index (χ0n) is 17.2. The third-order valence-electron chi connectivity index (χ3n) is 6.13. The average molecular weight is 427 g/mol. The molecule has 2 aliphatic heterocycles. The number of carbonyl (C=O) groups is 3. The molecule has 158 valence electrons. The van der Waals surface area contributed by atoms with Gasteiger partial charge in [-0.1, -0.05) is 23.8 Å². The minimum atomic E-state index is -0.424. The lowest BCUT2D eigenvalue weighted by Gasteiger charge is -2.34. The van der Waals surface area contributed by atoms with Gasteiger partial charge in [0.25, 0.3) is 0 Å². The number of methoxy groups -OCH3 is 1. The first-order chi connectivity index (χ1) is 14.5. The molecule has 2 fully saturated rings. The highest BCUT2D eigenvalue weighted by atomic mass is 32.1. The van der Waals surface area contributed by atoms with Crippen molar-refractivity contribution in [2.24, 2.45) is 11.8 Å². The van der Waals surface area contributed by atoms with E-state index in [0.717, 1.165) is 16.1 Å². The summed E-state index contributed by atoms with van der Waals surface area (Å²) in [6, 6.07) is 11.5. The van der Waals surface area contributed by atoms with Gasteiger partial charge < -0.3 is 14.5 Å². The summed E-state index contributed by atoms with van der Waals surface area (Å²) < 4.78 is 4.84. The van der Waals surface area contributed by atoms with E-state index in [1.54, 1.807) is 16.2 Å². The average Bonchev–Trinajstić information content (AvgIpc) is 3.41. The first-order valence-corrected chi connectivity index (χ1v) is 11.2. The SMILES string of the molecule is COC(=O)C1CCN(C(=O)C2CC(=O)N(c3ccc(C)cc3)C2c2cccs2)CC1. The van der Waals surface area contributed by atoms with Crippen LogP contribution >= 0.6 is 11.3 Å². The molecular formula is C23H26N2O4S. The lowest BCUT2D eigenvalue weighted by molar-refractivity contribution is -0.149. The molecule has 0 bridgehead atoms. The number of piperidine rings is 1. The highest BCUT2D eigenvalue weighted by Gasteiger charge is 2.47. The van der Waals surface area contributed by atoms with Crippen LogP contribution in [-0.4, -0.2) is 42.9 Å². The van der Waals surface area contributed by atoms with Gasteiger partial charge in [-0.05, 0) is 43.3 Å². The van der Waals surface area contributed by atoms with E-state index in [-0.39, 0.29) is 36.2 Å². The minimum absolute atomic E-state index is 0.000299. The Morgan fingerprint density at radius 3 is 2.40 bits per heavy atom. The normalized spacial score (nSPS) is 22.4. The van der Waals surface area contributed by atoms with E-state index < -0.39 is 5.92 Å². The molecule has 2 saturated heterocycles. The molecule has 7 heteroatoms. The molecule has 1 aromatic carbocycles. The van der Waals surface area contributed by atoms with Crippen molar-refractivity contribution >= 4 is 34.8 Å². The number of carbonyl (C=O) groups excluding carboxylic acids is 3. The zero-order chi connectivity index (χ0) is 21.3. The highest BCUT2D eigenvalue weighted by Crippen LogP contribution is 2.44. The molecule has 30 heavy (non-hydrogen) atoms. The predicted molar refractivity (Wildman–Crippen MR) is 115 cm³/mol. The number of ether oxygens (including phenoxy) is 1. The number of hydrogen-bond donors (Lipinski definition) is 0. The largest absolute Gasteiger partial charge is 0.469 e. The van der Waals surface area contributed by atoms with Crippen LogP contribution in [0.5, 0.6) is 0 Å². The number of benzene rings is 1. The van der Waals surface area contributed by atoms with Gasteiger partial charge in [-0.15, -0.1) is 11.3 Å². The summed E-state index contributed by atoms with van der Waals surface area (Å²) in [4.78, 5) is 42.9. The Bertz CT molecular complexity index is 917. The molecule has 1 aromatic heterocycles. The van der Waals surface area contributed by atoms with E-state index in [2.05, 4.69) is 0 Å². The van der Waals surface area contributed by atoms with Crippen molar-refractivity contribution in [1.82, 2.24) is 4.90 Å². The Morgan fingerprint density at radius 1 is 1.10 bits per heavy atom. The molecule has 4 rings (SSSR count). The van der Waals surface area contributed by atoms with Gasteiger partial charge in [0, 0.05) is 30.1 Å². The van der Waals surface area contributed by atoms with Gasteiger partial charge in [0.15, 0.2) is 0 Å². The van der Waals surface area contributed by atoms with Gasteiger partial charge in [-0.2, -0.15) is 0 Å². The van der Waals surface area contributed by atoms with Crippen LogP contribution < -0.4 is 4.90 Å². The fourth-order valence-electron chi connectivity index (χ4n) is 4.49. The number of aryl methyl sites for hydroxylation is 1. The lowest BCUT2D eigenvalue weighted by atomic mass is 9.93. The Hall–Kier alpha value is -2.67. The summed E-state index contributed by atoms with van der Waals surface area (Å²) in [7, 11) is 1.40. The van der Waals surface area contributed by atoms with E-state index in [1.807, 2.05) is 53.6 Å². The number of amides is 2. The molecule has 2 unspecified atom stereocenters. The standard InChI is InChI=1S/C23H26N2O4S/c1-15-5-7-17(8-6-15)25-20(26)14-18(21(25)19-4-3-13-30-19)22(27)24-11-9-16(10-12-24)23(28)29-2/h3-8,13,16,18,21H,9-12,14H2,1-2H3. The summed E-state index contributed by atoms with van der Waals surface area (Å²) in [5.74, 6) is -0.812. The summed E-state index contributed by atoms with van der Waals surface area (Å²) >= 11 is 1.57. The number of anilines is 1. The summed E-state index contributed by atoms with van der Waals surface area (Å²) in [6.07, 6.45) is 1.40. The van der Waals surface area contributed by atoms with E-state index in [1.165, 1.54) is 7.11 Å². The summed E-state index contributed by atoms with van der Waals surface area (Å²) in [5.41, 5.74) is 1.95. The van der Waals surface area contributed by atoms with Gasteiger partial charge in [-0.25, -0.2) is 0 Å². The van der Waals surface area contributed by atoms with E-state index in [0.29, 0.717) is 25.9 Å². The fourth-order valence-corrected chi connectivity index (χ4v) is 5.37. The molecule has 0 N–H and O–H groups in total. The molecule has 2 aromatic rings. The van der Waals surface area contributed by atoms with Gasteiger partial charge in [0.1, 0.15) is 0 Å². The Morgan fingerprint density at radius 2 is 1.80 bits per heavy atom. The Kier molecular flexibility index (Phi) is 5.90. The van der Waals surface area contributed by atoms with Gasteiger partial charge >= 0.3 is 5.97 Å². The van der Waals surface area contributed by atoms with Crippen LogP contribution in [-0.2, 0) is 19.1 Å². The van der Waals surface area contributed by atoms with E-state index in [9.17, 15) is 14.4 Å². The maximum absolute atomic E-state index is 13.5. The predicted octanol–water partition coefficient (Wildman–Crippen LogP) is 3.56. The first kappa shape index (κ1) is 20.6. The molecule has 2 atom stereocenters. The van der Waals surface area contributed by atoms with Crippen molar-refractivity contribution in [2.75, 3.05) is 25.1 Å². The van der Waals surface area contributed by atoms with Crippen LogP contribution in [0.3, 0.4) is 0 Å². The molecule has 3 heterocycles. The molecule has 0 spiro atoms. The van der Waals surface area contributed by atoms with Crippen molar-refractivity contribution < 1.29 is 19.1 Å².